The predicted octanol–water partition coefficient (Wildman–Crippen LogP) is 4.92. The molecule has 1 atom stereocenters. The number of carbonyl (C=O) groups is 1. The van der Waals surface area contributed by atoms with Crippen LogP contribution in [0.4, 0.5) is 5.69 Å². The van der Waals surface area contributed by atoms with Crippen LogP contribution in [0.5, 0.6) is 11.5 Å². The van der Waals surface area contributed by atoms with Crippen molar-refractivity contribution in [3.05, 3.63) is 82.4 Å². The van der Waals surface area contributed by atoms with Crippen molar-refractivity contribution in [1.29, 1.82) is 0 Å². The molecular weight excluding hydrogens is 452 g/mol. The highest BCUT2D eigenvalue weighted by Crippen LogP contribution is 2.30. The van der Waals surface area contributed by atoms with Crippen LogP contribution in [-0.2, 0) is 10.0 Å². The normalized spacial score (nSPS) is 12.1. The third-order valence-electron chi connectivity index (χ3n) is 5.63. The minimum Gasteiger partial charge on any atom is -0.497 e. The van der Waals surface area contributed by atoms with Gasteiger partial charge in [0.1, 0.15) is 11.5 Å². The second-order valence-corrected chi connectivity index (χ2v) is 9.86. The number of hydrogen-bond acceptors (Lipinski definition) is 5. The number of rotatable bonds is 8. The molecule has 7 nitrogen and oxygen atoms in total. The average Bonchev–Trinajstić information content (AvgIpc) is 2.80. The summed E-state index contributed by atoms with van der Waals surface area (Å²) in [5.74, 6) is 0.845. The zero-order valence-corrected chi connectivity index (χ0v) is 21.0. The van der Waals surface area contributed by atoms with E-state index in [4.69, 9.17) is 9.47 Å². The molecule has 0 saturated carbocycles. The maximum Gasteiger partial charge on any atom is 0.262 e. The van der Waals surface area contributed by atoms with Crippen molar-refractivity contribution in [3.8, 4) is 11.5 Å². The lowest BCUT2D eigenvalue weighted by atomic mass is 10.1. The molecule has 0 spiro atoms. The van der Waals surface area contributed by atoms with Crippen LogP contribution in [0.25, 0.3) is 0 Å². The molecule has 0 fully saturated rings. The second kappa shape index (κ2) is 10.2. The topological polar surface area (TPSA) is 93.7 Å². The smallest absolute Gasteiger partial charge is 0.262 e. The Morgan fingerprint density at radius 2 is 1.59 bits per heavy atom. The molecule has 34 heavy (non-hydrogen) atoms. The lowest BCUT2D eigenvalue weighted by Crippen LogP contribution is -2.27. The number of amides is 1. The molecule has 0 aliphatic heterocycles. The standard InChI is InChI=1S/C26H30N2O5S/c1-16-7-8-17(2)23(13-16)28-34(30,31)25-14-20(10-9-18(25)3)26(29)27-19(4)22-15-21(32-5)11-12-24(22)33-6/h7-15,19,28H,1-6H3,(H,27,29)/t19-/m0/s1. The van der Waals surface area contributed by atoms with Gasteiger partial charge in [-0.2, -0.15) is 0 Å². The predicted molar refractivity (Wildman–Crippen MR) is 133 cm³/mol. The van der Waals surface area contributed by atoms with Gasteiger partial charge in [0.15, 0.2) is 0 Å². The Morgan fingerprint density at radius 1 is 0.882 bits per heavy atom. The fraction of sp³-hybridized carbons (Fsp3) is 0.269. The number of aryl methyl sites for hydroxylation is 3. The van der Waals surface area contributed by atoms with Gasteiger partial charge in [-0.15, -0.1) is 0 Å². The fourth-order valence-electron chi connectivity index (χ4n) is 3.61. The molecule has 3 aromatic rings. The Labute approximate surface area is 201 Å². The van der Waals surface area contributed by atoms with E-state index in [1.54, 1.807) is 57.5 Å². The van der Waals surface area contributed by atoms with E-state index in [2.05, 4.69) is 10.0 Å². The highest BCUT2D eigenvalue weighted by atomic mass is 32.2. The van der Waals surface area contributed by atoms with E-state index in [-0.39, 0.29) is 10.5 Å². The molecule has 0 unspecified atom stereocenters. The first-order valence-corrected chi connectivity index (χ1v) is 12.3. The summed E-state index contributed by atoms with van der Waals surface area (Å²) < 4.78 is 39.7. The quantitative estimate of drug-likeness (QED) is 0.475. The molecule has 0 aliphatic rings. The van der Waals surface area contributed by atoms with Gasteiger partial charge in [-0.1, -0.05) is 18.2 Å². The first kappa shape index (κ1) is 25.1. The zero-order chi connectivity index (χ0) is 25.0. The average molecular weight is 483 g/mol. The third kappa shape index (κ3) is 5.51. The van der Waals surface area contributed by atoms with Crippen LogP contribution in [0, 0.1) is 20.8 Å². The molecule has 3 rings (SSSR count). The number of sulfonamides is 1. The molecule has 3 aromatic carbocycles. The lowest BCUT2D eigenvalue weighted by molar-refractivity contribution is 0.0939. The fourth-order valence-corrected chi connectivity index (χ4v) is 5.01. The Hall–Kier alpha value is -3.52. The van der Waals surface area contributed by atoms with Crippen LogP contribution in [0.3, 0.4) is 0 Å². The number of ether oxygens (including phenoxy) is 2. The van der Waals surface area contributed by atoms with Gasteiger partial charge in [0.05, 0.1) is 30.8 Å². The molecule has 0 aromatic heterocycles. The number of nitrogens with one attached hydrogen (secondary N) is 2. The maximum atomic E-state index is 13.2. The minimum atomic E-state index is -3.91. The van der Waals surface area contributed by atoms with Crippen molar-refractivity contribution >= 4 is 21.6 Å². The molecule has 1 amide bonds. The molecule has 0 radical (unpaired) electrons. The van der Waals surface area contributed by atoms with Crippen LogP contribution in [0.2, 0.25) is 0 Å². The second-order valence-electron chi connectivity index (χ2n) is 8.21. The van der Waals surface area contributed by atoms with Gasteiger partial charge < -0.3 is 14.8 Å². The highest BCUT2D eigenvalue weighted by molar-refractivity contribution is 7.92. The Balaban J connectivity index is 1.88. The molecule has 0 bridgehead atoms. The van der Waals surface area contributed by atoms with Crippen LogP contribution < -0.4 is 19.5 Å². The third-order valence-corrected chi connectivity index (χ3v) is 7.14. The van der Waals surface area contributed by atoms with E-state index >= 15 is 0 Å². The number of benzene rings is 3. The number of anilines is 1. The van der Waals surface area contributed by atoms with E-state index < -0.39 is 22.0 Å². The largest absolute Gasteiger partial charge is 0.497 e. The number of hydrogen-bond donors (Lipinski definition) is 2. The first-order chi connectivity index (χ1) is 16.1. The summed E-state index contributed by atoms with van der Waals surface area (Å²) in [5.41, 5.74) is 3.77. The SMILES string of the molecule is COc1ccc(OC)c([C@H](C)NC(=O)c2ccc(C)c(S(=O)(=O)Nc3cc(C)ccc3C)c2)c1. The number of methoxy groups -OCH3 is 2. The Morgan fingerprint density at radius 3 is 2.26 bits per heavy atom. The molecule has 0 aliphatic carbocycles. The molecule has 0 saturated heterocycles. The first-order valence-electron chi connectivity index (χ1n) is 10.8. The van der Waals surface area contributed by atoms with Crippen LogP contribution >= 0.6 is 0 Å². The van der Waals surface area contributed by atoms with E-state index in [1.807, 2.05) is 32.9 Å². The summed E-state index contributed by atoms with van der Waals surface area (Å²) in [5, 5.41) is 2.91. The van der Waals surface area contributed by atoms with Crippen LogP contribution in [0.1, 0.15) is 45.6 Å². The summed E-state index contributed by atoms with van der Waals surface area (Å²) in [6, 6.07) is 15.1. The van der Waals surface area contributed by atoms with E-state index in [9.17, 15) is 13.2 Å². The molecule has 8 heteroatoms. The van der Waals surface area contributed by atoms with Crippen LogP contribution in [0.15, 0.2) is 59.5 Å². The molecule has 180 valence electrons. The summed E-state index contributed by atoms with van der Waals surface area (Å²) >= 11 is 0. The summed E-state index contributed by atoms with van der Waals surface area (Å²) in [6.45, 7) is 7.25. The zero-order valence-electron chi connectivity index (χ0n) is 20.2. The summed E-state index contributed by atoms with van der Waals surface area (Å²) in [4.78, 5) is 13.1. The van der Waals surface area contributed by atoms with E-state index in [0.717, 1.165) is 16.7 Å². The number of carbonyl (C=O) groups excluding carboxylic acids is 1. The summed E-state index contributed by atoms with van der Waals surface area (Å²) in [7, 11) is -0.786. The van der Waals surface area contributed by atoms with Gasteiger partial charge in [0.25, 0.3) is 15.9 Å². The van der Waals surface area contributed by atoms with Crippen molar-refractivity contribution < 1.29 is 22.7 Å². The van der Waals surface area contributed by atoms with Crippen molar-refractivity contribution in [2.75, 3.05) is 18.9 Å². The minimum absolute atomic E-state index is 0.0488. The van der Waals surface area contributed by atoms with Crippen molar-refractivity contribution in [1.82, 2.24) is 5.32 Å². The van der Waals surface area contributed by atoms with Gasteiger partial charge in [0.2, 0.25) is 0 Å². The Kier molecular flexibility index (Phi) is 7.51. The monoisotopic (exact) mass is 482 g/mol. The van der Waals surface area contributed by atoms with Crippen molar-refractivity contribution in [3.63, 3.8) is 0 Å². The van der Waals surface area contributed by atoms with E-state index in [1.165, 1.54) is 6.07 Å². The lowest BCUT2D eigenvalue weighted by Gasteiger charge is -2.19. The van der Waals surface area contributed by atoms with Gasteiger partial charge in [-0.25, -0.2) is 8.42 Å². The van der Waals surface area contributed by atoms with E-state index in [0.29, 0.717) is 22.7 Å². The van der Waals surface area contributed by atoms with Crippen molar-refractivity contribution in [2.45, 2.75) is 38.6 Å². The van der Waals surface area contributed by atoms with Crippen molar-refractivity contribution in [2.24, 2.45) is 0 Å². The van der Waals surface area contributed by atoms with Gasteiger partial charge in [-0.3, -0.25) is 9.52 Å². The van der Waals surface area contributed by atoms with Crippen LogP contribution in [-0.4, -0.2) is 28.5 Å². The molecule has 2 N–H and O–H groups in total. The summed E-state index contributed by atoms with van der Waals surface area (Å²) in [6.07, 6.45) is 0. The van der Waals surface area contributed by atoms with Gasteiger partial charge in [0, 0.05) is 11.1 Å². The highest BCUT2D eigenvalue weighted by Gasteiger charge is 2.22. The Bertz CT molecular complexity index is 1320. The van der Waals surface area contributed by atoms with Gasteiger partial charge >= 0.3 is 0 Å². The molecule has 0 heterocycles. The molecular formula is C26H30N2O5S. The maximum absolute atomic E-state index is 13.2. The van der Waals surface area contributed by atoms with Gasteiger partial charge in [-0.05, 0) is 80.8 Å².